The van der Waals surface area contributed by atoms with Crippen LogP contribution in [0.5, 0.6) is 5.75 Å². The third-order valence-electron chi connectivity index (χ3n) is 3.65. The van der Waals surface area contributed by atoms with Gasteiger partial charge in [-0.2, -0.15) is 8.42 Å². The molecule has 3 rings (SSSR count). The molecule has 3 aromatic rings. The van der Waals surface area contributed by atoms with Crippen molar-refractivity contribution in [1.29, 1.82) is 0 Å². The van der Waals surface area contributed by atoms with Crippen LogP contribution in [-0.4, -0.2) is 24.0 Å². The van der Waals surface area contributed by atoms with Gasteiger partial charge in [-0.1, -0.05) is 6.07 Å². The lowest BCUT2D eigenvalue weighted by atomic mass is 10.1. The Balaban J connectivity index is 1.96. The van der Waals surface area contributed by atoms with E-state index in [9.17, 15) is 18.3 Å². The van der Waals surface area contributed by atoms with E-state index in [1.165, 1.54) is 30.3 Å². The molecule has 0 aliphatic rings. The summed E-state index contributed by atoms with van der Waals surface area (Å²) in [6, 6.07) is 13.0. The highest BCUT2D eigenvalue weighted by Gasteiger charge is 2.13. The van der Waals surface area contributed by atoms with Gasteiger partial charge in [0.25, 0.3) is 16.0 Å². The van der Waals surface area contributed by atoms with E-state index in [0.29, 0.717) is 22.0 Å². The molecule has 0 radical (unpaired) electrons. The number of hydrogen-bond acceptors (Lipinski definition) is 5. The molecule has 0 fully saturated rings. The summed E-state index contributed by atoms with van der Waals surface area (Å²) in [4.78, 5) is 11.9. The molecule has 25 heavy (non-hydrogen) atoms. The summed E-state index contributed by atoms with van der Waals surface area (Å²) in [6.07, 6.45) is 0. The zero-order valence-electron chi connectivity index (χ0n) is 12.8. The van der Waals surface area contributed by atoms with E-state index in [2.05, 4.69) is 5.32 Å². The second-order valence-electron chi connectivity index (χ2n) is 5.43. The molecule has 0 saturated carbocycles. The Morgan fingerprint density at radius 3 is 2.28 bits per heavy atom. The maximum absolute atomic E-state index is 12.2. The van der Waals surface area contributed by atoms with Crippen molar-refractivity contribution < 1.29 is 22.9 Å². The second kappa shape index (κ2) is 6.08. The van der Waals surface area contributed by atoms with E-state index >= 15 is 0 Å². The number of nitrogens with one attached hydrogen (secondary N) is 1. The van der Waals surface area contributed by atoms with Crippen LogP contribution in [0.2, 0.25) is 0 Å². The number of carbonyl (C=O) groups is 1. The van der Waals surface area contributed by atoms with Crippen LogP contribution in [0.3, 0.4) is 0 Å². The Bertz CT molecular complexity index is 1080. The van der Waals surface area contributed by atoms with Gasteiger partial charge in [0.2, 0.25) is 0 Å². The molecule has 0 saturated heterocycles. The van der Waals surface area contributed by atoms with Gasteiger partial charge >= 0.3 is 0 Å². The van der Waals surface area contributed by atoms with E-state index in [0.717, 1.165) is 0 Å². The van der Waals surface area contributed by atoms with Gasteiger partial charge in [0.05, 0.1) is 10.6 Å². The summed E-state index contributed by atoms with van der Waals surface area (Å²) in [7, 11) is -4.34. The van der Waals surface area contributed by atoms with Crippen molar-refractivity contribution in [3.63, 3.8) is 0 Å². The SMILES string of the molecule is Nc1ccc(C(=O)Nc2cc3ccc(S(=O)(=O)O)cc3cc2O)cc1. The number of benzene rings is 3. The number of fused-ring (bicyclic) bond motifs is 1. The van der Waals surface area contributed by atoms with Gasteiger partial charge < -0.3 is 16.2 Å². The average Bonchev–Trinajstić information content (AvgIpc) is 2.54. The predicted octanol–water partition coefficient (Wildman–Crippen LogP) is 2.63. The van der Waals surface area contributed by atoms with Crippen LogP contribution >= 0.6 is 0 Å². The molecule has 0 unspecified atom stereocenters. The molecular formula is C17H14N2O5S. The molecule has 0 aliphatic carbocycles. The fraction of sp³-hybridized carbons (Fsp3) is 0. The molecule has 128 valence electrons. The standard InChI is InChI=1S/C17H14N2O5S/c18-13-4-1-10(2-5-13)17(21)19-15-8-11-3-6-14(25(22,23)24)7-12(11)9-16(15)20/h1-9,20H,18H2,(H,19,21)(H,22,23,24). The van der Waals surface area contributed by atoms with E-state index in [4.69, 9.17) is 10.3 Å². The van der Waals surface area contributed by atoms with E-state index < -0.39 is 16.0 Å². The van der Waals surface area contributed by atoms with Crippen LogP contribution in [-0.2, 0) is 10.1 Å². The van der Waals surface area contributed by atoms with Crippen molar-refractivity contribution in [2.24, 2.45) is 0 Å². The van der Waals surface area contributed by atoms with Crippen LogP contribution in [0.25, 0.3) is 10.8 Å². The van der Waals surface area contributed by atoms with Crippen molar-refractivity contribution in [2.75, 3.05) is 11.1 Å². The fourth-order valence-electron chi connectivity index (χ4n) is 2.35. The smallest absolute Gasteiger partial charge is 0.294 e. The number of aromatic hydroxyl groups is 1. The lowest BCUT2D eigenvalue weighted by Crippen LogP contribution is -2.12. The van der Waals surface area contributed by atoms with Crippen molar-refractivity contribution >= 4 is 38.2 Å². The van der Waals surface area contributed by atoms with Crippen LogP contribution in [0.4, 0.5) is 11.4 Å². The van der Waals surface area contributed by atoms with Gasteiger partial charge in [-0.05, 0) is 59.3 Å². The van der Waals surface area contributed by atoms with Gasteiger partial charge in [-0.25, -0.2) is 0 Å². The first-order valence-corrected chi connectivity index (χ1v) is 8.59. The van der Waals surface area contributed by atoms with Gasteiger partial charge in [0.1, 0.15) is 5.75 Å². The van der Waals surface area contributed by atoms with E-state index in [-0.39, 0.29) is 16.3 Å². The minimum absolute atomic E-state index is 0.175. The highest BCUT2D eigenvalue weighted by Crippen LogP contribution is 2.31. The Kier molecular flexibility index (Phi) is 4.07. The van der Waals surface area contributed by atoms with E-state index in [1.54, 1.807) is 24.3 Å². The van der Waals surface area contributed by atoms with Crippen LogP contribution < -0.4 is 11.1 Å². The molecular weight excluding hydrogens is 344 g/mol. The van der Waals surface area contributed by atoms with E-state index in [1.807, 2.05) is 0 Å². The maximum atomic E-state index is 12.2. The number of phenols is 1. The average molecular weight is 358 g/mol. The number of anilines is 2. The first kappa shape index (κ1) is 16.7. The third-order valence-corrected chi connectivity index (χ3v) is 4.49. The Morgan fingerprint density at radius 2 is 1.64 bits per heavy atom. The van der Waals surface area contributed by atoms with Gasteiger partial charge in [-0.3, -0.25) is 9.35 Å². The molecule has 7 nitrogen and oxygen atoms in total. The molecule has 0 atom stereocenters. The maximum Gasteiger partial charge on any atom is 0.294 e. The monoisotopic (exact) mass is 358 g/mol. The van der Waals surface area contributed by atoms with Crippen LogP contribution in [0.15, 0.2) is 59.5 Å². The fourth-order valence-corrected chi connectivity index (χ4v) is 2.87. The Morgan fingerprint density at radius 1 is 0.960 bits per heavy atom. The zero-order valence-corrected chi connectivity index (χ0v) is 13.6. The van der Waals surface area contributed by atoms with Crippen molar-refractivity contribution in [3.8, 4) is 5.75 Å². The van der Waals surface area contributed by atoms with Gasteiger partial charge in [-0.15, -0.1) is 0 Å². The molecule has 0 heterocycles. The number of rotatable bonds is 3. The third kappa shape index (κ3) is 3.54. The lowest BCUT2D eigenvalue weighted by molar-refractivity contribution is 0.102. The zero-order chi connectivity index (χ0) is 18.2. The Hall–Kier alpha value is -3.10. The summed E-state index contributed by atoms with van der Waals surface area (Å²) in [5.74, 6) is -0.659. The number of carbonyl (C=O) groups excluding carboxylic acids is 1. The largest absolute Gasteiger partial charge is 0.506 e. The molecule has 5 N–H and O–H groups in total. The van der Waals surface area contributed by atoms with Crippen molar-refractivity contribution in [3.05, 3.63) is 60.2 Å². The number of nitrogen functional groups attached to an aromatic ring is 1. The minimum Gasteiger partial charge on any atom is -0.506 e. The summed E-state index contributed by atoms with van der Waals surface area (Å²) >= 11 is 0. The summed E-state index contributed by atoms with van der Waals surface area (Å²) in [5.41, 5.74) is 6.65. The first-order valence-electron chi connectivity index (χ1n) is 7.15. The number of nitrogens with two attached hydrogens (primary N) is 1. The molecule has 0 spiro atoms. The van der Waals surface area contributed by atoms with Crippen molar-refractivity contribution in [2.45, 2.75) is 4.90 Å². The molecule has 0 bridgehead atoms. The van der Waals surface area contributed by atoms with Crippen LogP contribution in [0.1, 0.15) is 10.4 Å². The number of hydrogen-bond donors (Lipinski definition) is 4. The van der Waals surface area contributed by atoms with Gasteiger partial charge in [0, 0.05) is 11.3 Å². The molecule has 0 aliphatic heterocycles. The molecule has 3 aromatic carbocycles. The first-order chi connectivity index (χ1) is 11.7. The van der Waals surface area contributed by atoms with Crippen LogP contribution in [0, 0.1) is 0 Å². The minimum atomic E-state index is -4.34. The number of amides is 1. The topological polar surface area (TPSA) is 130 Å². The highest BCUT2D eigenvalue weighted by atomic mass is 32.2. The molecule has 8 heteroatoms. The lowest BCUT2D eigenvalue weighted by Gasteiger charge is -2.10. The normalized spacial score (nSPS) is 11.4. The summed E-state index contributed by atoms with van der Waals surface area (Å²) < 4.78 is 31.4. The Labute approximate surface area is 143 Å². The van der Waals surface area contributed by atoms with Crippen molar-refractivity contribution in [1.82, 2.24) is 0 Å². The quantitative estimate of drug-likeness (QED) is 0.323. The molecule has 0 aromatic heterocycles. The predicted molar refractivity (Wildman–Crippen MR) is 94.2 cm³/mol. The summed E-state index contributed by atoms with van der Waals surface area (Å²) in [5, 5.41) is 13.7. The van der Waals surface area contributed by atoms with Gasteiger partial charge in [0.15, 0.2) is 0 Å². The molecule has 1 amide bonds. The second-order valence-corrected chi connectivity index (χ2v) is 6.85. The number of phenolic OH excluding ortho intramolecular Hbond substituents is 1. The summed E-state index contributed by atoms with van der Waals surface area (Å²) in [6.45, 7) is 0. The highest BCUT2D eigenvalue weighted by molar-refractivity contribution is 7.85.